The van der Waals surface area contributed by atoms with E-state index in [0.717, 1.165) is 23.5 Å². The molecule has 6 heteroatoms. The second kappa shape index (κ2) is 6.84. The highest BCUT2D eigenvalue weighted by atomic mass is 16.6. The van der Waals surface area contributed by atoms with E-state index in [4.69, 9.17) is 18.6 Å². The Morgan fingerprint density at radius 2 is 1.96 bits per heavy atom. The van der Waals surface area contributed by atoms with Gasteiger partial charge < -0.3 is 18.6 Å². The number of aryl methyl sites for hydroxylation is 1. The van der Waals surface area contributed by atoms with Crippen LogP contribution in [0.1, 0.15) is 24.2 Å². The first-order chi connectivity index (χ1) is 12.3. The minimum absolute atomic E-state index is 0.281. The summed E-state index contributed by atoms with van der Waals surface area (Å²) in [6.07, 6.45) is 5.30. The summed E-state index contributed by atoms with van der Waals surface area (Å²) in [7, 11) is 0. The first-order valence-corrected chi connectivity index (χ1v) is 8.21. The summed E-state index contributed by atoms with van der Waals surface area (Å²) in [5.74, 6) is 2.19. The zero-order valence-corrected chi connectivity index (χ0v) is 13.6. The van der Waals surface area contributed by atoms with Crippen molar-refractivity contribution in [3.05, 3.63) is 53.6 Å². The number of fused-ring (bicyclic) bond motifs is 1. The second-order valence-corrected chi connectivity index (χ2v) is 5.76. The Kier molecular flexibility index (Phi) is 4.24. The van der Waals surface area contributed by atoms with Crippen LogP contribution in [0.15, 0.2) is 51.7 Å². The first-order valence-electron chi connectivity index (χ1n) is 8.21. The van der Waals surface area contributed by atoms with Gasteiger partial charge in [-0.2, -0.15) is 0 Å². The van der Waals surface area contributed by atoms with Crippen molar-refractivity contribution in [3.63, 3.8) is 0 Å². The molecule has 6 nitrogen and oxygen atoms in total. The van der Waals surface area contributed by atoms with E-state index in [1.807, 2.05) is 30.3 Å². The highest BCUT2D eigenvalue weighted by Gasteiger charge is 2.23. The van der Waals surface area contributed by atoms with Crippen LogP contribution in [0.2, 0.25) is 0 Å². The van der Waals surface area contributed by atoms with Gasteiger partial charge >= 0.3 is 5.97 Å². The maximum absolute atomic E-state index is 12.0. The van der Waals surface area contributed by atoms with Crippen molar-refractivity contribution in [2.75, 3.05) is 13.2 Å². The SMILES string of the molecule is O=C1OC(CCc2ccco2)=N/C1=C/c1ccc2c(c1)OCCCO2. The number of rotatable bonds is 4. The van der Waals surface area contributed by atoms with Crippen LogP contribution in [0.5, 0.6) is 11.5 Å². The van der Waals surface area contributed by atoms with Gasteiger partial charge in [0.05, 0.1) is 19.5 Å². The molecule has 0 N–H and O–H groups in total. The molecule has 0 amide bonds. The summed E-state index contributed by atoms with van der Waals surface area (Å²) in [4.78, 5) is 16.3. The molecule has 0 unspecified atom stereocenters. The van der Waals surface area contributed by atoms with E-state index in [9.17, 15) is 4.79 Å². The van der Waals surface area contributed by atoms with Gasteiger partial charge in [0, 0.05) is 19.3 Å². The largest absolute Gasteiger partial charge is 0.490 e. The lowest BCUT2D eigenvalue weighted by Crippen LogP contribution is -2.04. The fourth-order valence-electron chi connectivity index (χ4n) is 2.67. The number of furan rings is 1. The van der Waals surface area contributed by atoms with Gasteiger partial charge in [-0.25, -0.2) is 9.79 Å². The number of ether oxygens (including phenoxy) is 3. The van der Waals surface area contributed by atoms with Crippen molar-refractivity contribution in [1.82, 2.24) is 0 Å². The number of carbonyl (C=O) groups is 1. The third-order valence-electron chi connectivity index (χ3n) is 3.91. The molecule has 2 aliphatic heterocycles. The molecule has 2 aromatic rings. The molecule has 128 valence electrons. The van der Waals surface area contributed by atoms with Crippen LogP contribution >= 0.6 is 0 Å². The number of benzene rings is 1. The Labute approximate surface area is 144 Å². The molecule has 0 saturated carbocycles. The Balaban J connectivity index is 1.50. The van der Waals surface area contributed by atoms with Crippen LogP contribution in [-0.2, 0) is 16.0 Å². The van der Waals surface area contributed by atoms with Gasteiger partial charge in [0.2, 0.25) is 0 Å². The van der Waals surface area contributed by atoms with Crippen LogP contribution in [0, 0.1) is 0 Å². The van der Waals surface area contributed by atoms with E-state index < -0.39 is 5.97 Å². The van der Waals surface area contributed by atoms with Crippen LogP contribution in [-0.4, -0.2) is 25.1 Å². The molecule has 0 aliphatic carbocycles. The van der Waals surface area contributed by atoms with Gasteiger partial charge in [0.1, 0.15) is 5.76 Å². The topological polar surface area (TPSA) is 70.3 Å². The summed E-state index contributed by atoms with van der Waals surface area (Å²) in [5.41, 5.74) is 1.09. The molecular weight excluding hydrogens is 322 g/mol. The van der Waals surface area contributed by atoms with Crippen molar-refractivity contribution < 1.29 is 23.4 Å². The van der Waals surface area contributed by atoms with Crippen molar-refractivity contribution in [3.8, 4) is 11.5 Å². The first kappa shape index (κ1) is 15.5. The smallest absolute Gasteiger partial charge is 0.363 e. The summed E-state index contributed by atoms with van der Waals surface area (Å²) in [5, 5.41) is 0. The van der Waals surface area contributed by atoms with Crippen molar-refractivity contribution in [2.24, 2.45) is 4.99 Å². The molecule has 0 saturated heterocycles. The molecule has 1 aromatic carbocycles. The molecule has 0 spiro atoms. The van der Waals surface area contributed by atoms with Gasteiger partial charge in [-0.05, 0) is 35.9 Å². The van der Waals surface area contributed by atoms with E-state index in [2.05, 4.69) is 4.99 Å². The second-order valence-electron chi connectivity index (χ2n) is 5.76. The molecule has 1 aromatic heterocycles. The van der Waals surface area contributed by atoms with E-state index >= 15 is 0 Å². The Hall–Kier alpha value is -3.02. The Morgan fingerprint density at radius 1 is 1.08 bits per heavy atom. The Morgan fingerprint density at radius 3 is 2.80 bits per heavy atom. The third-order valence-corrected chi connectivity index (χ3v) is 3.91. The van der Waals surface area contributed by atoms with Crippen LogP contribution in [0.4, 0.5) is 0 Å². The number of aliphatic imine (C=N–C) groups is 1. The number of cyclic esters (lactones) is 1. The summed E-state index contributed by atoms with van der Waals surface area (Å²) in [6, 6.07) is 9.26. The number of nitrogens with zero attached hydrogens (tertiary/aromatic N) is 1. The minimum Gasteiger partial charge on any atom is -0.490 e. The zero-order chi connectivity index (χ0) is 17.1. The summed E-state index contributed by atoms with van der Waals surface area (Å²) < 4.78 is 21.8. The molecule has 2 aliphatic rings. The maximum atomic E-state index is 12.0. The lowest BCUT2D eigenvalue weighted by molar-refractivity contribution is -0.130. The molecule has 0 atom stereocenters. The summed E-state index contributed by atoms with van der Waals surface area (Å²) in [6.45, 7) is 1.26. The standard InChI is InChI=1S/C19H17NO5/c21-19-15(20-18(25-19)7-5-14-3-1-8-22-14)11-13-4-6-16-17(12-13)24-10-2-9-23-16/h1,3-4,6,8,11-12H,2,5,7,9-10H2/b15-11+. The Bertz CT molecular complexity index is 836. The number of carbonyl (C=O) groups excluding carboxylic acids is 1. The van der Waals surface area contributed by atoms with Crippen molar-refractivity contribution in [1.29, 1.82) is 0 Å². The normalized spacial score (nSPS) is 18.0. The summed E-state index contributed by atoms with van der Waals surface area (Å²) >= 11 is 0. The number of hydrogen-bond acceptors (Lipinski definition) is 6. The van der Waals surface area contributed by atoms with Crippen LogP contribution in [0.25, 0.3) is 6.08 Å². The van der Waals surface area contributed by atoms with E-state index in [-0.39, 0.29) is 5.70 Å². The van der Waals surface area contributed by atoms with E-state index in [1.54, 1.807) is 12.3 Å². The molecular formula is C19H17NO5. The van der Waals surface area contributed by atoms with Crippen LogP contribution in [0.3, 0.4) is 0 Å². The molecule has 25 heavy (non-hydrogen) atoms. The zero-order valence-electron chi connectivity index (χ0n) is 13.6. The number of hydrogen-bond donors (Lipinski definition) is 0. The van der Waals surface area contributed by atoms with E-state index in [0.29, 0.717) is 37.7 Å². The van der Waals surface area contributed by atoms with Crippen molar-refractivity contribution >= 4 is 17.9 Å². The minimum atomic E-state index is -0.443. The molecule has 0 bridgehead atoms. The van der Waals surface area contributed by atoms with Crippen molar-refractivity contribution in [2.45, 2.75) is 19.3 Å². The van der Waals surface area contributed by atoms with E-state index in [1.165, 1.54) is 0 Å². The van der Waals surface area contributed by atoms with Gasteiger partial charge in [-0.3, -0.25) is 0 Å². The lowest BCUT2D eigenvalue weighted by atomic mass is 10.1. The quantitative estimate of drug-likeness (QED) is 0.631. The molecule has 3 heterocycles. The highest BCUT2D eigenvalue weighted by molar-refractivity contribution is 6.07. The molecule has 0 radical (unpaired) electrons. The van der Waals surface area contributed by atoms with Gasteiger partial charge in [-0.15, -0.1) is 0 Å². The van der Waals surface area contributed by atoms with Gasteiger partial charge in [0.15, 0.2) is 23.1 Å². The van der Waals surface area contributed by atoms with Gasteiger partial charge in [0.25, 0.3) is 0 Å². The lowest BCUT2D eigenvalue weighted by Gasteiger charge is -2.07. The molecule has 0 fully saturated rings. The average molecular weight is 339 g/mol. The molecule has 4 rings (SSSR count). The maximum Gasteiger partial charge on any atom is 0.363 e. The predicted molar refractivity (Wildman–Crippen MR) is 90.6 cm³/mol. The fourth-order valence-corrected chi connectivity index (χ4v) is 2.67. The third kappa shape index (κ3) is 3.57. The van der Waals surface area contributed by atoms with Crippen LogP contribution < -0.4 is 9.47 Å². The number of esters is 1. The average Bonchev–Trinajstić information content (AvgIpc) is 3.18. The predicted octanol–water partition coefficient (Wildman–Crippen LogP) is 3.37. The highest BCUT2D eigenvalue weighted by Crippen LogP contribution is 2.31. The monoisotopic (exact) mass is 339 g/mol. The fraction of sp³-hybridized carbons (Fsp3) is 0.263. The van der Waals surface area contributed by atoms with Gasteiger partial charge in [-0.1, -0.05) is 6.07 Å².